The highest BCUT2D eigenvalue weighted by atomic mass is 19.3. The molecule has 2 unspecified atom stereocenters. The average Bonchev–Trinajstić information content (AvgIpc) is 2.61. The van der Waals surface area contributed by atoms with E-state index < -0.39 is 12.0 Å². The fourth-order valence-electron chi connectivity index (χ4n) is 2.80. The van der Waals surface area contributed by atoms with Crippen LogP contribution in [0.1, 0.15) is 36.8 Å². The maximum absolute atomic E-state index is 13.1. The van der Waals surface area contributed by atoms with Crippen LogP contribution in [-0.2, 0) is 6.42 Å². The molecule has 1 aliphatic rings. The molecule has 1 aromatic rings. The van der Waals surface area contributed by atoms with Crippen molar-refractivity contribution < 1.29 is 13.9 Å². The number of hydrogen-bond donors (Lipinski definition) is 1. The molecule has 0 spiro atoms. The molecule has 100 valence electrons. The molecule has 0 aromatic heterocycles. The predicted octanol–water partition coefficient (Wildman–Crippen LogP) is 3.72. The molecule has 1 N–H and O–H groups in total. The minimum atomic E-state index is -2.51. The van der Waals surface area contributed by atoms with Crippen LogP contribution in [0.4, 0.5) is 8.78 Å². The summed E-state index contributed by atoms with van der Waals surface area (Å²) in [6.45, 7) is 2.01. The topological polar surface area (TPSA) is 20.2 Å². The van der Waals surface area contributed by atoms with E-state index in [1.165, 1.54) is 0 Å². The Morgan fingerprint density at radius 2 is 2.11 bits per heavy atom. The second-order valence-corrected chi connectivity index (χ2v) is 5.48. The number of hydrogen-bond acceptors (Lipinski definition) is 1. The summed E-state index contributed by atoms with van der Waals surface area (Å²) in [6.07, 6.45) is 1.01. The fourth-order valence-corrected chi connectivity index (χ4v) is 2.80. The van der Waals surface area contributed by atoms with Gasteiger partial charge in [-0.3, -0.25) is 0 Å². The van der Waals surface area contributed by atoms with Crippen molar-refractivity contribution in [1.82, 2.24) is 0 Å². The van der Waals surface area contributed by atoms with E-state index in [1.54, 1.807) is 0 Å². The van der Waals surface area contributed by atoms with Crippen LogP contribution in [-0.4, -0.2) is 17.1 Å². The first kappa shape index (κ1) is 13.5. The number of aliphatic hydroxyl groups excluding tert-OH is 1. The van der Waals surface area contributed by atoms with Gasteiger partial charge in [0, 0.05) is 12.8 Å². The van der Waals surface area contributed by atoms with Crippen molar-refractivity contribution in [3.8, 4) is 0 Å². The summed E-state index contributed by atoms with van der Waals surface area (Å²) >= 11 is 0. The van der Waals surface area contributed by atoms with E-state index in [0.717, 1.165) is 11.1 Å². The first-order chi connectivity index (χ1) is 8.46. The molecular weight excluding hydrogens is 234 g/mol. The molecule has 1 aliphatic carbocycles. The van der Waals surface area contributed by atoms with Crippen LogP contribution < -0.4 is 0 Å². The highest BCUT2D eigenvalue weighted by Gasteiger charge is 2.39. The summed E-state index contributed by atoms with van der Waals surface area (Å²) in [7, 11) is 0. The number of benzene rings is 1. The number of alkyl halides is 2. The van der Waals surface area contributed by atoms with E-state index in [4.69, 9.17) is 0 Å². The van der Waals surface area contributed by atoms with Crippen molar-refractivity contribution >= 4 is 0 Å². The summed E-state index contributed by atoms with van der Waals surface area (Å²) in [5, 5.41) is 10.0. The molecule has 0 amide bonds. The minimum Gasteiger partial charge on any atom is -0.393 e. The molecule has 1 nitrogen and oxygen atoms in total. The van der Waals surface area contributed by atoms with Gasteiger partial charge in [-0.2, -0.15) is 0 Å². The van der Waals surface area contributed by atoms with Crippen LogP contribution in [0.25, 0.3) is 0 Å². The van der Waals surface area contributed by atoms with E-state index in [2.05, 4.69) is 0 Å². The van der Waals surface area contributed by atoms with Crippen LogP contribution in [0.5, 0.6) is 0 Å². The summed E-state index contributed by atoms with van der Waals surface area (Å²) in [6, 6.07) is 7.90. The largest absolute Gasteiger partial charge is 0.393 e. The third kappa shape index (κ3) is 3.52. The molecule has 1 saturated carbocycles. The van der Waals surface area contributed by atoms with Crippen molar-refractivity contribution in [2.24, 2.45) is 5.92 Å². The molecule has 0 saturated heterocycles. The van der Waals surface area contributed by atoms with Crippen molar-refractivity contribution in [2.45, 2.75) is 51.1 Å². The van der Waals surface area contributed by atoms with Gasteiger partial charge in [-0.05, 0) is 43.2 Å². The maximum Gasteiger partial charge on any atom is 0.248 e. The number of aliphatic hydroxyl groups is 1. The minimum absolute atomic E-state index is 0.0191. The van der Waals surface area contributed by atoms with Gasteiger partial charge >= 0.3 is 0 Å². The van der Waals surface area contributed by atoms with Gasteiger partial charge < -0.3 is 5.11 Å². The zero-order chi connectivity index (χ0) is 13.2. The predicted molar refractivity (Wildman–Crippen MR) is 67.8 cm³/mol. The first-order valence-corrected chi connectivity index (χ1v) is 6.57. The Kier molecular flexibility index (Phi) is 4.00. The molecule has 1 fully saturated rings. The highest BCUT2D eigenvalue weighted by molar-refractivity contribution is 5.26. The van der Waals surface area contributed by atoms with Crippen molar-refractivity contribution in [3.05, 3.63) is 35.4 Å². The Labute approximate surface area is 107 Å². The van der Waals surface area contributed by atoms with E-state index >= 15 is 0 Å². The summed E-state index contributed by atoms with van der Waals surface area (Å²) in [4.78, 5) is 0. The quantitative estimate of drug-likeness (QED) is 0.868. The molecule has 2 rings (SSSR count). The molecule has 0 aliphatic heterocycles. The van der Waals surface area contributed by atoms with Crippen LogP contribution in [0.15, 0.2) is 24.3 Å². The molecule has 0 bridgehead atoms. The standard InChI is InChI=1S/C15H20F2O/c1-11-4-2-3-5-13(11)9-14(18)8-12-6-7-15(16,17)10-12/h2-5,12,14,18H,6-10H2,1H3. The molecule has 0 heterocycles. The Hall–Kier alpha value is -0.960. The van der Waals surface area contributed by atoms with Gasteiger partial charge in [0.15, 0.2) is 0 Å². The summed E-state index contributed by atoms with van der Waals surface area (Å²) < 4.78 is 26.1. The lowest BCUT2D eigenvalue weighted by Crippen LogP contribution is -2.17. The molecule has 2 atom stereocenters. The lowest BCUT2D eigenvalue weighted by molar-refractivity contribution is 0.00263. The lowest BCUT2D eigenvalue weighted by atomic mass is 9.94. The monoisotopic (exact) mass is 254 g/mol. The zero-order valence-corrected chi connectivity index (χ0v) is 10.7. The van der Waals surface area contributed by atoms with E-state index in [0.29, 0.717) is 19.3 Å². The molecule has 3 heteroatoms. The van der Waals surface area contributed by atoms with Crippen LogP contribution in [0.2, 0.25) is 0 Å². The Balaban J connectivity index is 1.86. The number of halogens is 2. The number of aryl methyl sites for hydroxylation is 1. The second kappa shape index (κ2) is 5.35. The van der Waals surface area contributed by atoms with Gasteiger partial charge in [-0.25, -0.2) is 8.78 Å². The van der Waals surface area contributed by atoms with Gasteiger partial charge in [0.05, 0.1) is 6.10 Å². The smallest absolute Gasteiger partial charge is 0.248 e. The van der Waals surface area contributed by atoms with Crippen molar-refractivity contribution in [2.75, 3.05) is 0 Å². The summed E-state index contributed by atoms with van der Waals surface area (Å²) in [5.41, 5.74) is 2.25. The highest BCUT2D eigenvalue weighted by Crippen LogP contribution is 2.40. The third-order valence-corrected chi connectivity index (χ3v) is 3.83. The molecule has 18 heavy (non-hydrogen) atoms. The van der Waals surface area contributed by atoms with Crippen LogP contribution in [0.3, 0.4) is 0 Å². The molecule has 0 radical (unpaired) electrons. The normalized spacial score (nSPS) is 24.1. The van der Waals surface area contributed by atoms with E-state index in [1.807, 2.05) is 31.2 Å². The molecule has 1 aromatic carbocycles. The number of rotatable bonds is 4. The molecular formula is C15H20F2O. The van der Waals surface area contributed by atoms with E-state index in [9.17, 15) is 13.9 Å². The second-order valence-electron chi connectivity index (χ2n) is 5.48. The van der Waals surface area contributed by atoms with E-state index in [-0.39, 0.29) is 18.8 Å². The third-order valence-electron chi connectivity index (χ3n) is 3.83. The van der Waals surface area contributed by atoms with Crippen molar-refractivity contribution in [3.63, 3.8) is 0 Å². The van der Waals surface area contributed by atoms with Gasteiger partial charge in [0.1, 0.15) is 0 Å². The first-order valence-electron chi connectivity index (χ1n) is 6.57. The summed E-state index contributed by atoms with van der Waals surface area (Å²) in [5.74, 6) is -2.54. The Morgan fingerprint density at radius 1 is 1.39 bits per heavy atom. The lowest BCUT2D eigenvalue weighted by Gasteiger charge is -2.16. The SMILES string of the molecule is Cc1ccccc1CC(O)CC1CCC(F)(F)C1. The Bertz CT molecular complexity index is 403. The van der Waals surface area contributed by atoms with Gasteiger partial charge in [-0.15, -0.1) is 0 Å². The zero-order valence-electron chi connectivity index (χ0n) is 10.7. The van der Waals surface area contributed by atoms with Crippen molar-refractivity contribution in [1.29, 1.82) is 0 Å². The van der Waals surface area contributed by atoms with Gasteiger partial charge in [0.2, 0.25) is 5.92 Å². The van der Waals surface area contributed by atoms with Gasteiger partial charge in [0.25, 0.3) is 0 Å². The van der Waals surface area contributed by atoms with Crippen LogP contribution >= 0.6 is 0 Å². The Morgan fingerprint density at radius 3 is 2.72 bits per heavy atom. The van der Waals surface area contributed by atoms with Crippen LogP contribution in [0, 0.1) is 12.8 Å². The van der Waals surface area contributed by atoms with Gasteiger partial charge in [-0.1, -0.05) is 24.3 Å². The fraction of sp³-hybridized carbons (Fsp3) is 0.600. The average molecular weight is 254 g/mol. The maximum atomic E-state index is 13.1.